The van der Waals surface area contributed by atoms with E-state index in [1.165, 1.54) is 24.8 Å². The van der Waals surface area contributed by atoms with Crippen LogP contribution in [0.3, 0.4) is 0 Å². The molecule has 0 aliphatic carbocycles. The molecule has 2 aromatic carbocycles. The third-order valence-electron chi connectivity index (χ3n) is 3.78. The molecule has 26 heavy (non-hydrogen) atoms. The van der Waals surface area contributed by atoms with Crippen molar-refractivity contribution in [2.45, 2.75) is 32.4 Å². The second-order valence-corrected chi connectivity index (χ2v) is 7.14. The van der Waals surface area contributed by atoms with Crippen LogP contribution in [0.1, 0.15) is 40.4 Å². The summed E-state index contributed by atoms with van der Waals surface area (Å²) in [5, 5.41) is 11.9. The van der Waals surface area contributed by atoms with Crippen molar-refractivity contribution in [3.63, 3.8) is 0 Å². The average Bonchev–Trinajstić information content (AvgIpc) is 2.58. The van der Waals surface area contributed by atoms with E-state index in [2.05, 4.69) is 5.32 Å². The number of hydrogen-bond donors (Lipinski definition) is 2. The van der Waals surface area contributed by atoms with Crippen molar-refractivity contribution in [1.82, 2.24) is 0 Å². The summed E-state index contributed by atoms with van der Waals surface area (Å²) in [4.78, 5) is 34.5. The molecule has 2 rings (SSSR count). The van der Waals surface area contributed by atoms with Crippen LogP contribution in [0.2, 0.25) is 0 Å². The Hall–Kier alpha value is -2.60. The topological polar surface area (TPSA) is 83.5 Å². The van der Waals surface area contributed by atoms with Crippen LogP contribution in [-0.4, -0.2) is 22.1 Å². The molecule has 1 amide bonds. The number of aromatic carboxylic acids is 1. The molecule has 0 saturated heterocycles. The molecule has 0 bridgehead atoms. The minimum Gasteiger partial charge on any atom is -0.478 e. The Kier molecular flexibility index (Phi) is 6.97. The van der Waals surface area contributed by atoms with Gasteiger partial charge in [0.1, 0.15) is 0 Å². The summed E-state index contributed by atoms with van der Waals surface area (Å²) >= 11 is 1.25. The van der Waals surface area contributed by atoms with Crippen molar-refractivity contribution >= 4 is 34.4 Å². The Morgan fingerprint density at radius 3 is 2.42 bits per heavy atom. The first-order valence-corrected chi connectivity index (χ1v) is 9.18. The molecule has 0 unspecified atom stereocenters. The van der Waals surface area contributed by atoms with Gasteiger partial charge in [0.15, 0.2) is 5.12 Å². The van der Waals surface area contributed by atoms with Crippen LogP contribution in [-0.2, 0) is 21.8 Å². The quantitative estimate of drug-likeness (QED) is 0.767. The number of amides is 1. The number of carboxylic acid groups (broad SMARTS) is 1. The van der Waals surface area contributed by atoms with Crippen LogP contribution in [0, 0.1) is 6.92 Å². The number of hydrogen-bond acceptors (Lipinski definition) is 4. The lowest BCUT2D eigenvalue weighted by molar-refractivity contribution is -0.116. The Labute approximate surface area is 156 Å². The normalized spacial score (nSPS) is 10.4. The molecule has 0 aromatic heterocycles. The van der Waals surface area contributed by atoms with Gasteiger partial charge in [-0.1, -0.05) is 36.0 Å². The molecule has 2 aromatic rings. The molecule has 0 fully saturated rings. The Morgan fingerprint density at radius 1 is 1.08 bits per heavy atom. The molecule has 0 atom stereocenters. The first-order chi connectivity index (χ1) is 12.3. The van der Waals surface area contributed by atoms with Gasteiger partial charge in [-0.25, -0.2) is 4.79 Å². The van der Waals surface area contributed by atoms with Crippen LogP contribution in [0.25, 0.3) is 0 Å². The van der Waals surface area contributed by atoms with Crippen molar-refractivity contribution in [2.75, 3.05) is 5.32 Å². The minimum atomic E-state index is -1.03. The maximum absolute atomic E-state index is 12.2. The standard InChI is InChI=1S/C20H21NO4S/c1-13-9-17(20(24)25)11-18(10-13)21-19(23)8-7-15-5-3-4-6-16(15)12-26-14(2)22/h3-6,9-11H,7-8,12H2,1-2H3,(H,21,23)(H,24,25). The number of thioether (sulfide) groups is 1. The summed E-state index contributed by atoms with van der Waals surface area (Å²) in [6, 6.07) is 12.5. The predicted molar refractivity (Wildman–Crippen MR) is 104 cm³/mol. The molecule has 0 spiro atoms. The Bertz CT molecular complexity index is 832. The molecule has 136 valence electrons. The minimum absolute atomic E-state index is 0.0613. The van der Waals surface area contributed by atoms with Gasteiger partial charge in [0.25, 0.3) is 0 Å². The Morgan fingerprint density at radius 2 is 1.77 bits per heavy atom. The predicted octanol–water partition coefficient (Wildman–Crippen LogP) is 4.04. The van der Waals surface area contributed by atoms with Crippen LogP contribution in [0.4, 0.5) is 5.69 Å². The summed E-state index contributed by atoms with van der Waals surface area (Å²) in [6.07, 6.45) is 0.830. The molecule has 0 saturated carbocycles. The van der Waals surface area contributed by atoms with E-state index in [0.717, 1.165) is 16.7 Å². The fourth-order valence-electron chi connectivity index (χ4n) is 2.57. The molecular weight excluding hydrogens is 350 g/mol. The number of nitrogens with one attached hydrogen (secondary N) is 1. The van der Waals surface area contributed by atoms with Gasteiger partial charge in [0, 0.05) is 24.8 Å². The second-order valence-electron chi connectivity index (χ2n) is 5.99. The van der Waals surface area contributed by atoms with Gasteiger partial charge in [-0.2, -0.15) is 0 Å². The fraction of sp³-hybridized carbons (Fsp3) is 0.250. The zero-order chi connectivity index (χ0) is 19.1. The summed E-state index contributed by atoms with van der Waals surface area (Å²) in [7, 11) is 0. The van der Waals surface area contributed by atoms with Crippen molar-refractivity contribution in [3.05, 3.63) is 64.7 Å². The van der Waals surface area contributed by atoms with E-state index in [0.29, 0.717) is 17.9 Å². The number of aryl methyl sites for hydroxylation is 2. The number of carbonyl (C=O) groups is 3. The van der Waals surface area contributed by atoms with Crippen LogP contribution in [0.15, 0.2) is 42.5 Å². The van der Waals surface area contributed by atoms with E-state index in [1.807, 2.05) is 24.3 Å². The maximum atomic E-state index is 12.2. The SMILES string of the molecule is CC(=O)SCc1ccccc1CCC(=O)Nc1cc(C)cc(C(=O)O)c1. The van der Waals surface area contributed by atoms with Crippen molar-refractivity contribution in [3.8, 4) is 0 Å². The highest BCUT2D eigenvalue weighted by Gasteiger charge is 2.10. The number of anilines is 1. The van der Waals surface area contributed by atoms with Crippen LogP contribution >= 0.6 is 11.8 Å². The number of carboxylic acids is 1. The van der Waals surface area contributed by atoms with E-state index < -0.39 is 5.97 Å². The monoisotopic (exact) mass is 371 g/mol. The van der Waals surface area contributed by atoms with Gasteiger partial charge in [0.2, 0.25) is 5.91 Å². The zero-order valence-electron chi connectivity index (χ0n) is 14.7. The van der Waals surface area contributed by atoms with Crippen molar-refractivity contribution in [2.24, 2.45) is 0 Å². The third kappa shape index (κ3) is 6.04. The highest BCUT2D eigenvalue weighted by Crippen LogP contribution is 2.19. The lowest BCUT2D eigenvalue weighted by Crippen LogP contribution is -2.13. The van der Waals surface area contributed by atoms with Gasteiger partial charge < -0.3 is 10.4 Å². The van der Waals surface area contributed by atoms with Gasteiger partial charge in [0.05, 0.1) is 5.56 Å². The largest absolute Gasteiger partial charge is 0.478 e. The van der Waals surface area contributed by atoms with E-state index in [4.69, 9.17) is 5.11 Å². The summed E-state index contributed by atoms with van der Waals surface area (Å²) in [6.45, 7) is 3.32. The lowest BCUT2D eigenvalue weighted by atomic mass is 10.0. The smallest absolute Gasteiger partial charge is 0.335 e. The van der Waals surface area contributed by atoms with Gasteiger partial charge in [-0.15, -0.1) is 0 Å². The molecule has 5 nitrogen and oxygen atoms in total. The van der Waals surface area contributed by atoms with Crippen LogP contribution < -0.4 is 5.32 Å². The average molecular weight is 371 g/mol. The number of rotatable bonds is 7. The summed E-state index contributed by atoms with van der Waals surface area (Å²) < 4.78 is 0. The number of carbonyl (C=O) groups excluding carboxylic acids is 2. The zero-order valence-corrected chi connectivity index (χ0v) is 15.6. The maximum Gasteiger partial charge on any atom is 0.335 e. The molecule has 2 N–H and O–H groups in total. The van der Waals surface area contributed by atoms with Crippen LogP contribution in [0.5, 0.6) is 0 Å². The van der Waals surface area contributed by atoms with E-state index in [-0.39, 0.29) is 23.0 Å². The summed E-state index contributed by atoms with van der Waals surface area (Å²) in [5.41, 5.74) is 3.47. The van der Waals surface area contributed by atoms with Gasteiger partial charge in [-0.3, -0.25) is 9.59 Å². The second kappa shape index (κ2) is 9.20. The summed E-state index contributed by atoms with van der Waals surface area (Å²) in [5.74, 6) is -0.616. The molecule has 6 heteroatoms. The van der Waals surface area contributed by atoms with E-state index in [9.17, 15) is 14.4 Å². The fourth-order valence-corrected chi connectivity index (χ4v) is 3.21. The highest BCUT2D eigenvalue weighted by molar-refractivity contribution is 8.12. The third-order valence-corrected chi connectivity index (χ3v) is 4.64. The number of benzene rings is 2. The molecular formula is C20H21NO4S. The molecule has 0 aliphatic rings. The highest BCUT2D eigenvalue weighted by atomic mass is 32.2. The van der Waals surface area contributed by atoms with E-state index in [1.54, 1.807) is 19.1 Å². The molecule has 0 radical (unpaired) electrons. The first-order valence-electron chi connectivity index (χ1n) is 8.20. The van der Waals surface area contributed by atoms with Crippen molar-refractivity contribution < 1.29 is 19.5 Å². The van der Waals surface area contributed by atoms with E-state index >= 15 is 0 Å². The van der Waals surface area contributed by atoms with Gasteiger partial charge >= 0.3 is 5.97 Å². The Balaban J connectivity index is 1.99. The molecule has 0 heterocycles. The van der Waals surface area contributed by atoms with Gasteiger partial charge in [-0.05, 0) is 48.2 Å². The first kappa shape index (κ1) is 19.7. The molecule has 0 aliphatic heterocycles. The lowest BCUT2D eigenvalue weighted by Gasteiger charge is -2.10. The van der Waals surface area contributed by atoms with Crippen molar-refractivity contribution in [1.29, 1.82) is 0 Å².